The number of amides is 1. The van der Waals surface area contributed by atoms with E-state index >= 15 is 0 Å². The van der Waals surface area contributed by atoms with Crippen molar-refractivity contribution in [2.24, 2.45) is 10.9 Å². The summed E-state index contributed by atoms with van der Waals surface area (Å²) in [5, 5.41) is 7.66. The van der Waals surface area contributed by atoms with E-state index in [0.29, 0.717) is 18.9 Å². The molecular formula is C13H16N4O4S. The third kappa shape index (κ3) is 4.13. The van der Waals surface area contributed by atoms with Crippen LogP contribution in [0.5, 0.6) is 0 Å². The van der Waals surface area contributed by atoms with Crippen LogP contribution in [0.15, 0.2) is 39.8 Å². The lowest BCUT2D eigenvalue weighted by Crippen LogP contribution is -2.23. The predicted octanol–water partition coefficient (Wildman–Crippen LogP) is -0.247. The van der Waals surface area contributed by atoms with Gasteiger partial charge in [0.1, 0.15) is 6.26 Å². The van der Waals surface area contributed by atoms with Gasteiger partial charge in [-0.15, -0.1) is 0 Å². The summed E-state index contributed by atoms with van der Waals surface area (Å²) in [6.07, 6.45) is 1.73. The first-order valence-electron chi connectivity index (χ1n) is 6.44. The Hall–Kier alpha value is -2.23. The number of oxazole rings is 1. The van der Waals surface area contributed by atoms with E-state index in [0.717, 1.165) is 5.56 Å². The van der Waals surface area contributed by atoms with Gasteiger partial charge in [0.05, 0.1) is 4.90 Å². The van der Waals surface area contributed by atoms with Crippen molar-refractivity contribution in [2.45, 2.75) is 17.9 Å². The maximum Gasteiger partial charge on any atom is 0.273 e. The maximum atomic E-state index is 11.9. The van der Waals surface area contributed by atoms with Crippen LogP contribution in [0.3, 0.4) is 0 Å². The van der Waals surface area contributed by atoms with E-state index in [1.54, 1.807) is 12.1 Å². The average Bonchev–Trinajstić information content (AvgIpc) is 2.93. The maximum absolute atomic E-state index is 11.9. The standard InChI is InChI=1S/C13H16N4O4S/c14-6-5-12-17-11(8-21-12)13(18)16-7-9-1-3-10(4-2-9)22(15,19)20/h1-4,8H,5-7,14H2,(H,16,18)(H2,15,19,20). The summed E-state index contributed by atoms with van der Waals surface area (Å²) < 4.78 is 27.4. The van der Waals surface area contributed by atoms with Crippen LogP contribution < -0.4 is 16.2 Å². The van der Waals surface area contributed by atoms with Gasteiger partial charge >= 0.3 is 0 Å². The first-order valence-corrected chi connectivity index (χ1v) is 7.99. The molecule has 118 valence electrons. The average molecular weight is 324 g/mol. The summed E-state index contributed by atoms with van der Waals surface area (Å²) in [6, 6.07) is 5.91. The number of nitrogens with zero attached hydrogens (tertiary/aromatic N) is 1. The van der Waals surface area contributed by atoms with Gasteiger partial charge in [-0.2, -0.15) is 0 Å². The Kier molecular flexibility index (Phi) is 4.91. The van der Waals surface area contributed by atoms with Gasteiger partial charge in [0, 0.05) is 19.5 Å². The fourth-order valence-corrected chi connectivity index (χ4v) is 2.24. The van der Waals surface area contributed by atoms with E-state index in [4.69, 9.17) is 15.3 Å². The first kappa shape index (κ1) is 16.1. The SMILES string of the molecule is NCCc1nc(C(=O)NCc2ccc(S(N)(=O)=O)cc2)co1. The van der Waals surface area contributed by atoms with Gasteiger partial charge in [-0.3, -0.25) is 4.79 Å². The number of nitrogens with two attached hydrogens (primary N) is 2. The second kappa shape index (κ2) is 6.69. The number of hydrogen-bond acceptors (Lipinski definition) is 6. The van der Waals surface area contributed by atoms with Crippen molar-refractivity contribution in [3.63, 3.8) is 0 Å². The van der Waals surface area contributed by atoms with E-state index < -0.39 is 10.0 Å². The largest absolute Gasteiger partial charge is 0.448 e. The highest BCUT2D eigenvalue weighted by molar-refractivity contribution is 7.89. The second-order valence-corrected chi connectivity index (χ2v) is 6.10. The molecule has 1 aromatic carbocycles. The number of benzene rings is 1. The number of primary sulfonamides is 1. The van der Waals surface area contributed by atoms with Crippen molar-refractivity contribution in [1.82, 2.24) is 10.3 Å². The van der Waals surface area contributed by atoms with E-state index in [2.05, 4.69) is 10.3 Å². The summed E-state index contributed by atoms with van der Waals surface area (Å²) >= 11 is 0. The zero-order valence-electron chi connectivity index (χ0n) is 11.7. The van der Waals surface area contributed by atoms with Crippen molar-refractivity contribution in [3.05, 3.63) is 47.7 Å². The lowest BCUT2D eigenvalue weighted by atomic mass is 10.2. The van der Waals surface area contributed by atoms with Gasteiger partial charge < -0.3 is 15.5 Å². The summed E-state index contributed by atoms with van der Waals surface area (Å²) in [7, 11) is -3.72. The van der Waals surface area contributed by atoms with Crippen molar-refractivity contribution < 1.29 is 17.6 Å². The molecule has 0 spiro atoms. The number of carbonyl (C=O) groups excluding carboxylic acids is 1. The molecular weight excluding hydrogens is 308 g/mol. The lowest BCUT2D eigenvalue weighted by Gasteiger charge is -2.04. The minimum Gasteiger partial charge on any atom is -0.448 e. The third-order valence-corrected chi connectivity index (χ3v) is 3.78. The zero-order valence-corrected chi connectivity index (χ0v) is 12.5. The smallest absolute Gasteiger partial charge is 0.273 e. The Labute approximate surface area is 127 Å². The zero-order chi connectivity index (χ0) is 16.2. The molecule has 2 aromatic rings. The van der Waals surface area contributed by atoms with Crippen molar-refractivity contribution in [2.75, 3.05) is 6.54 Å². The fourth-order valence-electron chi connectivity index (χ4n) is 1.72. The predicted molar refractivity (Wildman–Crippen MR) is 78.2 cm³/mol. The fraction of sp³-hybridized carbons (Fsp3) is 0.231. The Morgan fingerprint density at radius 2 is 1.95 bits per heavy atom. The van der Waals surface area contributed by atoms with Crippen LogP contribution in [-0.2, 0) is 23.0 Å². The highest BCUT2D eigenvalue weighted by Gasteiger charge is 2.12. The number of rotatable bonds is 6. The molecule has 22 heavy (non-hydrogen) atoms. The molecule has 0 fully saturated rings. The molecule has 1 aromatic heterocycles. The van der Waals surface area contributed by atoms with Crippen LogP contribution in [-0.4, -0.2) is 25.9 Å². The summed E-state index contributed by atoms with van der Waals surface area (Å²) in [6.45, 7) is 0.612. The molecule has 0 aliphatic rings. The normalized spacial score (nSPS) is 11.4. The summed E-state index contributed by atoms with van der Waals surface area (Å²) in [5.41, 5.74) is 6.27. The Balaban J connectivity index is 1.95. The third-order valence-electron chi connectivity index (χ3n) is 2.85. The summed E-state index contributed by atoms with van der Waals surface area (Å²) in [4.78, 5) is 15.9. The van der Waals surface area contributed by atoms with E-state index in [-0.39, 0.29) is 23.0 Å². The van der Waals surface area contributed by atoms with Gasteiger partial charge in [0.2, 0.25) is 10.0 Å². The molecule has 0 atom stereocenters. The molecule has 5 N–H and O–H groups in total. The molecule has 0 aliphatic carbocycles. The van der Waals surface area contributed by atoms with Crippen molar-refractivity contribution >= 4 is 15.9 Å². The van der Waals surface area contributed by atoms with E-state index in [1.807, 2.05) is 0 Å². The highest BCUT2D eigenvalue weighted by atomic mass is 32.2. The molecule has 0 aliphatic heterocycles. The molecule has 8 nitrogen and oxygen atoms in total. The van der Waals surface area contributed by atoms with Crippen LogP contribution in [0.2, 0.25) is 0 Å². The van der Waals surface area contributed by atoms with E-state index in [1.165, 1.54) is 18.4 Å². The number of aromatic nitrogens is 1. The molecule has 0 saturated carbocycles. The topological polar surface area (TPSA) is 141 Å². The van der Waals surface area contributed by atoms with Crippen molar-refractivity contribution in [3.8, 4) is 0 Å². The molecule has 9 heteroatoms. The number of carbonyl (C=O) groups is 1. The Bertz CT molecular complexity index is 753. The lowest BCUT2D eigenvalue weighted by molar-refractivity contribution is 0.0946. The van der Waals surface area contributed by atoms with Gasteiger partial charge in [-0.05, 0) is 17.7 Å². The van der Waals surface area contributed by atoms with Gasteiger partial charge in [0.15, 0.2) is 11.6 Å². The Morgan fingerprint density at radius 1 is 1.27 bits per heavy atom. The molecule has 1 amide bonds. The number of sulfonamides is 1. The van der Waals surface area contributed by atoms with E-state index in [9.17, 15) is 13.2 Å². The van der Waals surface area contributed by atoms with Crippen LogP contribution in [0.4, 0.5) is 0 Å². The minimum absolute atomic E-state index is 0.0190. The Morgan fingerprint density at radius 3 is 2.55 bits per heavy atom. The van der Waals surface area contributed by atoms with Crippen molar-refractivity contribution in [1.29, 1.82) is 0 Å². The van der Waals surface area contributed by atoms with Gasteiger partial charge in [0.25, 0.3) is 5.91 Å². The molecule has 0 radical (unpaired) electrons. The highest BCUT2D eigenvalue weighted by Crippen LogP contribution is 2.09. The monoisotopic (exact) mass is 324 g/mol. The van der Waals surface area contributed by atoms with Gasteiger partial charge in [-0.25, -0.2) is 18.5 Å². The van der Waals surface area contributed by atoms with Crippen LogP contribution in [0.1, 0.15) is 21.9 Å². The quantitative estimate of drug-likeness (QED) is 0.669. The molecule has 0 saturated heterocycles. The second-order valence-electron chi connectivity index (χ2n) is 4.54. The molecule has 0 unspecified atom stereocenters. The molecule has 1 heterocycles. The number of hydrogen-bond donors (Lipinski definition) is 3. The first-order chi connectivity index (χ1) is 10.4. The van der Waals surface area contributed by atoms with Crippen LogP contribution >= 0.6 is 0 Å². The van der Waals surface area contributed by atoms with Crippen LogP contribution in [0.25, 0.3) is 0 Å². The van der Waals surface area contributed by atoms with Crippen LogP contribution in [0, 0.1) is 0 Å². The summed E-state index contributed by atoms with van der Waals surface area (Å²) in [5.74, 6) is 0.0210. The number of nitrogens with one attached hydrogen (secondary N) is 1. The molecule has 2 rings (SSSR count). The minimum atomic E-state index is -3.72. The van der Waals surface area contributed by atoms with Gasteiger partial charge in [-0.1, -0.05) is 12.1 Å². The molecule has 0 bridgehead atoms.